The van der Waals surface area contributed by atoms with E-state index in [-0.39, 0.29) is 30.5 Å². The number of fused-ring (bicyclic) bond motifs is 1. The molecule has 3 aromatic rings. The lowest BCUT2D eigenvalue weighted by Crippen LogP contribution is -2.39. The Morgan fingerprint density at radius 1 is 1.11 bits per heavy atom. The molecule has 0 saturated carbocycles. The summed E-state index contributed by atoms with van der Waals surface area (Å²) < 4.78 is 1.15. The zero-order chi connectivity index (χ0) is 19.1. The van der Waals surface area contributed by atoms with E-state index in [4.69, 9.17) is 0 Å². The van der Waals surface area contributed by atoms with Crippen molar-refractivity contribution in [1.82, 2.24) is 15.6 Å². The van der Waals surface area contributed by atoms with Gasteiger partial charge in [0, 0.05) is 35.1 Å². The highest BCUT2D eigenvalue weighted by molar-refractivity contribution is 14.0. The van der Waals surface area contributed by atoms with Crippen LogP contribution in [0.4, 0.5) is 0 Å². The first-order chi connectivity index (χ1) is 13.2. The molecule has 0 amide bonds. The number of aromatic nitrogens is 1. The second-order valence-corrected chi connectivity index (χ2v) is 7.21. The Kier molecular flexibility index (Phi) is 9.10. The van der Waals surface area contributed by atoms with E-state index in [2.05, 4.69) is 20.6 Å². The highest BCUT2D eigenvalue weighted by Gasteiger charge is 2.12. The molecule has 2 heterocycles. The van der Waals surface area contributed by atoms with Gasteiger partial charge in [0.05, 0.1) is 12.6 Å². The molecule has 28 heavy (non-hydrogen) atoms. The number of pyridine rings is 1. The second kappa shape index (κ2) is 11.3. The van der Waals surface area contributed by atoms with Crippen molar-refractivity contribution in [3.05, 3.63) is 65.3 Å². The molecule has 2 unspecified atom stereocenters. The van der Waals surface area contributed by atoms with Crippen LogP contribution in [-0.2, 0) is 0 Å². The summed E-state index contributed by atoms with van der Waals surface area (Å²) in [6.07, 6.45) is 1.98. The third kappa shape index (κ3) is 6.13. The Hall–Kier alpha value is -1.75. The zero-order valence-electron chi connectivity index (χ0n) is 15.6. The molecule has 0 spiro atoms. The number of halogens is 1. The lowest BCUT2D eigenvalue weighted by molar-refractivity contribution is 0.180. The van der Waals surface area contributed by atoms with E-state index in [1.165, 1.54) is 0 Å². The number of aliphatic imine (C=N–C) groups is 1. The fraction of sp³-hybridized carbons (Fsp3) is 0.300. The SMILES string of the molecule is CCNC(=NCC(O)c1cc2ccccc2s1)NCC(O)c1ccncc1.I. The van der Waals surface area contributed by atoms with Crippen molar-refractivity contribution >= 4 is 51.4 Å². The van der Waals surface area contributed by atoms with Crippen LogP contribution in [0.3, 0.4) is 0 Å². The van der Waals surface area contributed by atoms with E-state index in [0.717, 1.165) is 20.5 Å². The highest BCUT2D eigenvalue weighted by atomic mass is 127. The summed E-state index contributed by atoms with van der Waals surface area (Å²) in [7, 11) is 0. The lowest BCUT2D eigenvalue weighted by atomic mass is 10.1. The van der Waals surface area contributed by atoms with Crippen molar-refractivity contribution < 1.29 is 10.2 Å². The quantitative estimate of drug-likeness (QED) is 0.222. The fourth-order valence-corrected chi connectivity index (χ4v) is 3.71. The van der Waals surface area contributed by atoms with Crippen LogP contribution in [0.1, 0.15) is 29.6 Å². The number of benzene rings is 1. The molecule has 6 nitrogen and oxygen atoms in total. The van der Waals surface area contributed by atoms with Gasteiger partial charge < -0.3 is 20.8 Å². The van der Waals surface area contributed by atoms with Gasteiger partial charge in [-0.2, -0.15) is 0 Å². The van der Waals surface area contributed by atoms with Gasteiger partial charge in [0.2, 0.25) is 0 Å². The van der Waals surface area contributed by atoms with Crippen molar-refractivity contribution in [3.63, 3.8) is 0 Å². The van der Waals surface area contributed by atoms with Crippen LogP contribution in [-0.4, -0.2) is 40.8 Å². The predicted molar refractivity (Wildman–Crippen MR) is 125 cm³/mol. The van der Waals surface area contributed by atoms with Crippen LogP contribution in [0.2, 0.25) is 0 Å². The van der Waals surface area contributed by atoms with Crippen LogP contribution in [0.5, 0.6) is 0 Å². The number of guanidine groups is 1. The van der Waals surface area contributed by atoms with Crippen LogP contribution >= 0.6 is 35.3 Å². The topological polar surface area (TPSA) is 89.8 Å². The molecule has 0 aliphatic rings. The summed E-state index contributed by atoms with van der Waals surface area (Å²) in [5, 5.41) is 28.1. The van der Waals surface area contributed by atoms with Gasteiger partial charge in [-0.3, -0.25) is 9.98 Å². The molecule has 0 bridgehead atoms. The maximum absolute atomic E-state index is 10.5. The first-order valence-electron chi connectivity index (χ1n) is 8.94. The number of thiophene rings is 1. The minimum Gasteiger partial charge on any atom is -0.387 e. The van der Waals surface area contributed by atoms with E-state index < -0.39 is 12.2 Å². The monoisotopic (exact) mass is 512 g/mol. The molecule has 2 aromatic heterocycles. The summed E-state index contributed by atoms with van der Waals surface area (Å²) in [5.41, 5.74) is 0.790. The standard InChI is InChI=1S/C20H24N4O2S.HI/c1-2-22-20(23-12-16(25)14-7-9-21-10-8-14)24-13-17(26)19-11-15-5-3-4-6-18(15)27-19;/h3-11,16-17,25-26H,2,12-13H2,1H3,(H2,22,23,24);1H. The van der Waals surface area contributed by atoms with Gasteiger partial charge in [-0.05, 0) is 42.1 Å². The van der Waals surface area contributed by atoms with Gasteiger partial charge in [0.15, 0.2) is 5.96 Å². The van der Waals surface area contributed by atoms with Crippen molar-refractivity contribution in [2.24, 2.45) is 4.99 Å². The molecule has 4 N–H and O–H groups in total. The summed E-state index contributed by atoms with van der Waals surface area (Å²) >= 11 is 1.58. The molecule has 0 fully saturated rings. The molecule has 0 saturated heterocycles. The first-order valence-corrected chi connectivity index (χ1v) is 9.75. The fourth-order valence-electron chi connectivity index (χ4n) is 2.67. The Labute approximate surface area is 185 Å². The van der Waals surface area contributed by atoms with Gasteiger partial charge in [-0.1, -0.05) is 18.2 Å². The van der Waals surface area contributed by atoms with Crippen molar-refractivity contribution in [2.75, 3.05) is 19.6 Å². The van der Waals surface area contributed by atoms with Gasteiger partial charge in [-0.25, -0.2) is 0 Å². The molecule has 2 atom stereocenters. The maximum atomic E-state index is 10.5. The number of aliphatic hydroxyl groups excluding tert-OH is 2. The lowest BCUT2D eigenvalue weighted by Gasteiger charge is -2.16. The molecule has 8 heteroatoms. The van der Waals surface area contributed by atoms with Crippen molar-refractivity contribution in [2.45, 2.75) is 19.1 Å². The van der Waals surface area contributed by atoms with Crippen LogP contribution in [0, 0.1) is 0 Å². The number of hydrogen-bond acceptors (Lipinski definition) is 5. The predicted octanol–water partition coefficient (Wildman–Crippen LogP) is 3.24. The first kappa shape index (κ1) is 22.5. The van der Waals surface area contributed by atoms with E-state index in [1.54, 1.807) is 35.9 Å². The largest absolute Gasteiger partial charge is 0.387 e. The average molecular weight is 512 g/mol. The third-order valence-corrected chi connectivity index (χ3v) is 5.31. The molecule has 0 radical (unpaired) electrons. The highest BCUT2D eigenvalue weighted by Crippen LogP contribution is 2.29. The minimum absolute atomic E-state index is 0. The third-order valence-electron chi connectivity index (χ3n) is 4.09. The van der Waals surface area contributed by atoms with Gasteiger partial charge in [0.1, 0.15) is 6.10 Å². The van der Waals surface area contributed by atoms with E-state index in [1.807, 2.05) is 37.3 Å². The molecule has 150 valence electrons. The summed E-state index contributed by atoms with van der Waals surface area (Å²) in [5.74, 6) is 0.561. The number of hydrogen-bond donors (Lipinski definition) is 4. The molecule has 0 aliphatic carbocycles. The van der Waals surface area contributed by atoms with Crippen LogP contribution < -0.4 is 10.6 Å². The Morgan fingerprint density at radius 3 is 2.57 bits per heavy atom. The summed E-state index contributed by atoms with van der Waals surface area (Å²) in [6, 6.07) is 13.6. The van der Waals surface area contributed by atoms with Gasteiger partial charge in [-0.15, -0.1) is 35.3 Å². The number of nitrogens with zero attached hydrogens (tertiary/aromatic N) is 2. The number of nitrogens with one attached hydrogen (secondary N) is 2. The Morgan fingerprint density at radius 2 is 1.86 bits per heavy atom. The molecule has 0 aliphatic heterocycles. The van der Waals surface area contributed by atoms with Gasteiger partial charge >= 0.3 is 0 Å². The summed E-state index contributed by atoms with van der Waals surface area (Å²) in [6.45, 7) is 3.22. The molecule has 3 rings (SSSR count). The molecular formula is C20H25IN4O2S. The normalized spacial score (nSPS) is 13.6. The van der Waals surface area contributed by atoms with Crippen molar-refractivity contribution in [1.29, 1.82) is 0 Å². The Balaban J connectivity index is 0.00000280. The second-order valence-electron chi connectivity index (χ2n) is 6.10. The smallest absolute Gasteiger partial charge is 0.191 e. The van der Waals surface area contributed by atoms with E-state index in [9.17, 15) is 10.2 Å². The van der Waals surface area contributed by atoms with Crippen molar-refractivity contribution in [3.8, 4) is 0 Å². The maximum Gasteiger partial charge on any atom is 0.191 e. The van der Waals surface area contributed by atoms with Crippen LogP contribution in [0.25, 0.3) is 10.1 Å². The number of rotatable bonds is 7. The average Bonchev–Trinajstić information content (AvgIpc) is 3.14. The van der Waals surface area contributed by atoms with E-state index in [0.29, 0.717) is 19.0 Å². The zero-order valence-corrected chi connectivity index (χ0v) is 18.7. The minimum atomic E-state index is -0.664. The summed E-state index contributed by atoms with van der Waals surface area (Å²) in [4.78, 5) is 9.30. The number of aliphatic hydroxyl groups is 2. The Bertz CT molecular complexity index is 855. The van der Waals surface area contributed by atoms with Crippen LogP contribution in [0.15, 0.2) is 59.9 Å². The molecular weight excluding hydrogens is 487 g/mol. The molecule has 1 aromatic carbocycles. The van der Waals surface area contributed by atoms with Gasteiger partial charge in [0.25, 0.3) is 0 Å². The van der Waals surface area contributed by atoms with E-state index >= 15 is 0 Å².